The zero-order valence-corrected chi connectivity index (χ0v) is 13.1. The number of hydrogen-bond acceptors (Lipinski definition) is 3. The molecule has 3 nitrogen and oxygen atoms in total. The fraction of sp³-hybridized carbons (Fsp3) is 0.765. The van der Waals surface area contributed by atoms with Crippen molar-refractivity contribution >= 4 is 0 Å². The van der Waals surface area contributed by atoms with Gasteiger partial charge in [-0.15, -0.1) is 0 Å². The van der Waals surface area contributed by atoms with Gasteiger partial charge in [0.2, 0.25) is 0 Å². The zero-order chi connectivity index (χ0) is 14.1. The SMILES string of the molecule is CC1CC1c1ccc(CNCC2CCN(C(C)C)C2)o1. The molecule has 3 rings (SSSR count). The first kappa shape index (κ1) is 14.2. The Balaban J connectivity index is 1.39. The smallest absolute Gasteiger partial charge is 0.117 e. The summed E-state index contributed by atoms with van der Waals surface area (Å²) in [7, 11) is 0. The third kappa shape index (κ3) is 3.26. The van der Waals surface area contributed by atoms with Crippen molar-refractivity contribution in [3.05, 3.63) is 23.7 Å². The first-order valence-corrected chi connectivity index (χ1v) is 8.17. The average molecular weight is 276 g/mol. The van der Waals surface area contributed by atoms with Gasteiger partial charge in [-0.25, -0.2) is 0 Å². The second kappa shape index (κ2) is 5.90. The Morgan fingerprint density at radius 3 is 2.85 bits per heavy atom. The predicted octanol–water partition coefficient (Wildman–Crippen LogP) is 3.22. The van der Waals surface area contributed by atoms with Gasteiger partial charge in [-0.1, -0.05) is 6.92 Å². The first-order chi connectivity index (χ1) is 9.63. The molecule has 0 aromatic carbocycles. The molecule has 0 spiro atoms. The Morgan fingerprint density at radius 2 is 2.20 bits per heavy atom. The van der Waals surface area contributed by atoms with Crippen LogP contribution in [0.4, 0.5) is 0 Å². The van der Waals surface area contributed by atoms with E-state index < -0.39 is 0 Å². The van der Waals surface area contributed by atoms with Crippen molar-refractivity contribution < 1.29 is 4.42 Å². The van der Waals surface area contributed by atoms with Crippen LogP contribution in [0, 0.1) is 11.8 Å². The molecule has 0 bridgehead atoms. The number of hydrogen-bond donors (Lipinski definition) is 1. The highest BCUT2D eigenvalue weighted by atomic mass is 16.3. The quantitative estimate of drug-likeness (QED) is 0.865. The molecule has 1 N–H and O–H groups in total. The lowest BCUT2D eigenvalue weighted by molar-refractivity contribution is 0.263. The van der Waals surface area contributed by atoms with Crippen molar-refractivity contribution in [2.45, 2.75) is 52.1 Å². The minimum Gasteiger partial charge on any atom is -0.464 e. The van der Waals surface area contributed by atoms with E-state index in [0.717, 1.165) is 30.7 Å². The molecule has 1 aromatic rings. The fourth-order valence-electron chi connectivity index (χ4n) is 3.31. The molecule has 3 atom stereocenters. The van der Waals surface area contributed by atoms with Crippen molar-refractivity contribution in [2.24, 2.45) is 11.8 Å². The molecule has 0 radical (unpaired) electrons. The number of nitrogens with one attached hydrogen (secondary N) is 1. The van der Waals surface area contributed by atoms with Gasteiger partial charge in [0, 0.05) is 18.5 Å². The van der Waals surface area contributed by atoms with Crippen LogP contribution < -0.4 is 5.32 Å². The van der Waals surface area contributed by atoms with E-state index >= 15 is 0 Å². The largest absolute Gasteiger partial charge is 0.464 e. The van der Waals surface area contributed by atoms with Crippen molar-refractivity contribution in [1.82, 2.24) is 10.2 Å². The Labute approximate surface area is 122 Å². The van der Waals surface area contributed by atoms with Gasteiger partial charge in [0.1, 0.15) is 11.5 Å². The highest BCUT2D eigenvalue weighted by Crippen LogP contribution is 2.47. The minimum atomic E-state index is 0.688. The van der Waals surface area contributed by atoms with Gasteiger partial charge in [-0.3, -0.25) is 0 Å². The second-order valence-corrected chi connectivity index (χ2v) is 7.00. The van der Waals surface area contributed by atoms with Crippen LogP contribution in [0.25, 0.3) is 0 Å². The first-order valence-electron chi connectivity index (χ1n) is 8.17. The molecule has 1 aliphatic heterocycles. The highest BCUT2D eigenvalue weighted by molar-refractivity contribution is 5.17. The Hall–Kier alpha value is -0.800. The third-order valence-corrected chi connectivity index (χ3v) is 4.94. The lowest BCUT2D eigenvalue weighted by Gasteiger charge is -2.20. The van der Waals surface area contributed by atoms with Crippen molar-refractivity contribution in [3.8, 4) is 0 Å². The van der Waals surface area contributed by atoms with E-state index in [1.165, 1.54) is 31.7 Å². The van der Waals surface area contributed by atoms with Crippen LogP contribution in [0.3, 0.4) is 0 Å². The van der Waals surface area contributed by atoms with Crippen LogP contribution in [0.1, 0.15) is 51.1 Å². The maximum atomic E-state index is 5.93. The molecule has 1 aromatic heterocycles. The van der Waals surface area contributed by atoms with Crippen molar-refractivity contribution in [1.29, 1.82) is 0 Å². The van der Waals surface area contributed by atoms with Crippen LogP contribution in [0.15, 0.2) is 16.5 Å². The minimum absolute atomic E-state index is 0.688. The molecule has 112 valence electrons. The van der Waals surface area contributed by atoms with Crippen LogP contribution >= 0.6 is 0 Å². The predicted molar refractivity (Wildman–Crippen MR) is 81.8 cm³/mol. The van der Waals surface area contributed by atoms with E-state index in [1.807, 2.05) is 0 Å². The van der Waals surface area contributed by atoms with Crippen molar-refractivity contribution in [3.63, 3.8) is 0 Å². The second-order valence-electron chi connectivity index (χ2n) is 7.00. The summed E-state index contributed by atoms with van der Waals surface area (Å²) in [5.41, 5.74) is 0. The number of furan rings is 1. The van der Waals surface area contributed by atoms with E-state index in [9.17, 15) is 0 Å². The van der Waals surface area contributed by atoms with Gasteiger partial charge in [0.15, 0.2) is 0 Å². The summed E-state index contributed by atoms with van der Waals surface area (Å²) in [6.07, 6.45) is 2.63. The lowest BCUT2D eigenvalue weighted by atomic mass is 10.1. The number of rotatable bonds is 6. The standard InChI is InChI=1S/C17H28N2O/c1-12(2)19-7-6-14(11-19)9-18-10-15-4-5-17(20-15)16-8-13(16)3/h4-5,12-14,16,18H,6-11H2,1-3H3. The lowest BCUT2D eigenvalue weighted by Crippen LogP contribution is -2.30. The summed E-state index contributed by atoms with van der Waals surface area (Å²) in [4.78, 5) is 2.58. The molecule has 1 saturated carbocycles. The third-order valence-electron chi connectivity index (χ3n) is 4.94. The molecule has 1 aliphatic carbocycles. The Bertz CT molecular complexity index is 440. The highest BCUT2D eigenvalue weighted by Gasteiger charge is 2.36. The maximum absolute atomic E-state index is 5.93. The topological polar surface area (TPSA) is 28.4 Å². The summed E-state index contributed by atoms with van der Waals surface area (Å²) >= 11 is 0. The van der Waals surface area contributed by atoms with Gasteiger partial charge in [0.05, 0.1) is 6.54 Å². The summed E-state index contributed by atoms with van der Waals surface area (Å²) in [5.74, 6) is 4.61. The molecular weight excluding hydrogens is 248 g/mol. The monoisotopic (exact) mass is 276 g/mol. The molecule has 0 amide bonds. The van der Waals surface area contributed by atoms with Crippen LogP contribution in [-0.2, 0) is 6.54 Å². The molecule has 2 heterocycles. The molecule has 20 heavy (non-hydrogen) atoms. The molecule has 2 fully saturated rings. The molecule has 2 aliphatic rings. The zero-order valence-electron chi connectivity index (χ0n) is 13.1. The van der Waals surface area contributed by atoms with E-state index in [-0.39, 0.29) is 0 Å². The van der Waals surface area contributed by atoms with Crippen molar-refractivity contribution in [2.75, 3.05) is 19.6 Å². The van der Waals surface area contributed by atoms with E-state index in [0.29, 0.717) is 12.0 Å². The Kier molecular flexibility index (Phi) is 4.18. The van der Waals surface area contributed by atoms with E-state index in [2.05, 4.69) is 43.1 Å². The Morgan fingerprint density at radius 1 is 1.40 bits per heavy atom. The van der Waals surface area contributed by atoms with Gasteiger partial charge in [-0.2, -0.15) is 0 Å². The van der Waals surface area contributed by atoms with E-state index in [1.54, 1.807) is 0 Å². The summed E-state index contributed by atoms with van der Waals surface area (Å²) in [5, 5.41) is 3.57. The normalized spacial score (nSPS) is 30.3. The molecule has 1 saturated heterocycles. The maximum Gasteiger partial charge on any atom is 0.117 e. The molecule has 3 unspecified atom stereocenters. The number of likely N-dealkylation sites (tertiary alicyclic amines) is 1. The average Bonchev–Trinajstić information content (AvgIpc) is 2.86. The van der Waals surface area contributed by atoms with Crippen LogP contribution in [0.5, 0.6) is 0 Å². The molecular formula is C17H28N2O. The van der Waals surface area contributed by atoms with Crippen LogP contribution in [0.2, 0.25) is 0 Å². The fourth-order valence-corrected chi connectivity index (χ4v) is 3.31. The summed E-state index contributed by atoms with van der Waals surface area (Å²) in [6.45, 7) is 11.4. The van der Waals surface area contributed by atoms with Crippen LogP contribution in [-0.4, -0.2) is 30.6 Å². The van der Waals surface area contributed by atoms with Gasteiger partial charge >= 0.3 is 0 Å². The van der Waals surface area contributed by atoms with Gasteiger partial charge in [0.25, 0.3) is 0 Å². The number of nitrogens with zero attached hydrogens (tertiary/aromatic N) is 1. The van der Waals surface area contributed by atoms with Gasteiger partial charge < -0.3 is 14.6 Å². The molecule has 3 heteroatoms. The van der Waals surface area contributed by atoms with E-state index in [4.69, 9.17) is 4.42 Å². The summed E-state index contributed by atoms with van der Waals surface area (Å²) < 4.78 is 5.93. The summed E-state index contributed by atoms with van der Waals surface area (Å²) in [6, 6.07) is 5.00. The van der Waals surface area contributed by atoms with Gasteiger partial charge in [-0.05, 0) is 63.7 Å².